The molecule has 2 fully saturated rings. The lowest BCUT2D eigenvalue weighted by molar-refractivity contribution is -0.154. The number of alkyl halides is 1. The van der Waals surface area contributed by atoms with E-state index in [1.807, 2.05) is 6.07 Å². The first-order valence-corrected chi connectivity index (χ1v) is 15.2. The molecule has 0 unspecified atom stereocenters. The lowest BCUT2D eigenvalue weighted by Crippen LogP contribution is -2.45. The molecule has 3 aliphatic rings. The van der Waals surface area contributed by atoms with Crippen molar-refractivity contribution in [2.45, 2.75) is 103 Å². The van der Waals surface area contributed by atoms with Gasteiger partial charge in [0.1, 0.15) is 11.9 Å². The summed E-state index contributed by atoms with van der Waals surface area (Å²) in [5.74, 6) is 1.74. The van der Waals surface area contributed by atoms with Crippen LogP contribution in [-0.4, -0.2) is 22.5 Å². The number of phenols is 1. The van der Waals surface area contributed by atoms with Gasteiger partial charge < -0.3 is 9.84 Å². The van der Waals surface area contributed by atoms with Crippen molar-refractivity contribution in [3.05, 3.63) is 33.3 Å². The summed E-state index contributed by atoms with van der Waals surface area (Å²) in [6, 6.07) is 4.10. The Balaban J connectivity index is 1.52. The number of carbonyl (C=O) groups excluding carboxylic acids is 1. The Morgan fingerprint density at radius 2 is 1.79 bits per heavy atom. The van der Waals surface area contributed by atoms with E-state index in [2.05, 4.69) is 50.9 Å². The number of esters is 1. The number of aromatic hydroxyl groups is 1. The molecule has 3 aliphatic carbocycles. The Morgan fingerprint density at radius 3 is 2.50 bits per heavy atom. The number of ether oxygens (including phenoxy) is 1. The Labute approximate surface area is 222 Å². The molecule has 0 saturated heterocycles. The third-order valence-electron chi connectivity index (χ3n) is 8.91. The highest BCUT2D eigenvalue weighted by Crippen LogP contribution is 2.63. The van der Waals surface area contributed by atoms with E-state index in [1.165, 1.54) is 56.1 Å². The zero-order valence-electron chi connectivity index (χ0n) is 20.8. The van der Waals surface area contributed by atoms with Crippen molar-refractivity contribution in [2.75, 3.05) is 5.33 Å². The normalized spacial score (nSPS) is 29.7. The predicted octanol–water partition coefficient (Wildman–Crippen LogP) is 8.91. The van der Waals surface area contributed by atoms with Crippen molar-refractivity contribution in [3.63, 3.8) is 0 Å². The summed E-state index contributed by atoms with van der Waals surface area (Å²) in [6.45, 7) is 3.93. The second kappa shape index (κ2) is 11.5. The van der Waals surface area contributed by atoms with Gasteiger partial charge in [0.25, 0.3) is 0 Å². The van der Waals surface area contributed by atoms with Gasteiger partial charge in [-0.05, 0) is 102 Å². The minimum Gasteiger partial charge on any atom is -0.507 e. The molecule has 1 N–H and O–H groups in total. The number of rotatable bonds is 10. The molecule has 0 radical (unpaired) electrons. The molecular weight excluding hydrogens is 556 g/mol. The second-order valence-electron chi connectivity index (χ2n) is 11.0. The molecule has 34 heavy (non-hydrogen) atoms. The van der Waals surface area contributed by atoms with Gasteiger partial charge in [-0.25, -0.2) is 0 Å². The van der Waals surface area contributed by atoms with Crippen LogP contribution in [0.4, 0.5) is 0 Å². The molecular formula is C29H40Br2O3. The van der Waals surface area contributed by atoms with Crippen molar-refractivity contribution < 1.29 is 14.6 Å². The van der Waals surface area contributed by atoms with Crippen molar-refractivity contribution in [1.82, 2.24) is 0 Å². The first-order valence-electron chi connectivity index (χ1n) is 13.3. The van der Waals surface area contributed by atoms with Crippen LogP contribution in [0.25, 0.3) is 6.08 Å². The van der Waals surface area contributed by atoms with Gasteiger partial charge in [0.05, 0.1) is 4.47 Å². The van der Waals surface area contributed by atoms with Gasteiger partial charge in [-0.15, -0.1) is 0 Å². The third kappa shape index (κ3) is 5.45. The molecule has 0 heterocycles. The van der Waals surface area contributed by atoms with E-state index in [0.29, 0.717) is 23.5 Å². The van der Waals surface area contributed by atoms with Crippen LogP contribution in [0.15, 0.2) is 22.2 Å². The fraction of sp³-hybridized carbons (Fsp3) is 0.690. The second-order valence-corrected chi connectivity index (χ2v) is 12.7. The van der Waals surface area contributed by atoms with Gasteiger partial charge in [0.2, 0.25) is 0 Å². The third-order valence-corrected chi connectivity index (χ3v) is 10.1. The highest BCUT2D eigenvalue weighted by atomic mass is 79.9. The molecule has 188 valence electrons. The number of fused-ring (bicyclic) bond motifs is 5. The summed E-state index contributed by atoms with van der Waals surface area (Å²) in [5.41, 5.74) is 4.21. The number of carbonyl (C=O) groups is 1. The Hall–Kier alpha value is -0.810. The van der Waals surface area contributed by atoms with E-state index < -0.39 is 0 Å². The summed E-state index contributed by atoms with van der Waals surface area (Å²) in [5, 5.41) is 11.5. The summed E-state index contributed by atoms with van der Waals surface area (Å²) in [6.07, 6.45) is 17.1. The topological polar surface area (TPSA) is 46.5 Å². The van der Waals surface area contributed by atoms with Crippen LogP contribution in [-0.2, 0) is 9.53 Å². The van der Waals surface area contributed by atoms with Crippen LogP contribution < -0.4 is 0 Å². The van der Waals surface area contributed by atoms with Gasteiger partial charge >= 0.3 is 5.97 Å². The highest BCUT2D eigenvalue weighted by Gasteiger charge is 2.56. The van der Waals surface area contributed by atoms with Crippen LogP contribution in [0.5, 0.6) is 5.75 Å². The minimum absolute atomic E-state index is 0.0460. The first-order chi connectivity index (χ1) is 16.3. The molecule has 1 aromatic carbocycles. The zero-order chi connectivity index (χ0) is 24.3. The maximum Gasteiger partial charge on any atom is 0.302 e. The van der Waals surface area contributed by atoms with Gasteiger partial charge in [-0.1, -0.05) is 66.6 Å². The zero-order valence-corrected chi connectivity index (χ0v) is 23.9. The van der Waals surface area contributed by atoms with E-state index >= 15 is 0 Å². The van der Waals surface area contributed by atoms with Crippen molar-refractivity contribution in [3.8, 4) is 5.75 Å². The monoisotopic (exact) mass is 594 g/mol. The van der Waals surface area contributed by atoms with Crippen LogP contribution in [0.3, 0.4) is 0 Å². The fourth-order valence-electron chi connectivity index (χ4n) is 7.23. The van der Waals surface area contributed by atoms with Gasteiger partial charge in [-0.3, -0.25) is 4.79 Å². The molecule has 5 heteroatoms. The van der Waals surface area contributed by atoms with Crippen LogP contribution in [0.1, 0.15) is 108 Å². The molecule has 0 aromatic heterocycles. The lowest BCUT2D eigenvalue weighted by atomic mass is 9.54. The Morgan fingerprint density at radius 1 is 1.09 bits per heavy atom. The Bertz CT molecular complexity index is 911. The van der Waals surface area contributed by atoms with E-state index in [4.69, 9.17) is 4.74 Å². The number of hydrogen-bond donors (Lipinski definition) is 1. The molecule has 0 amide bonds. The smallest absolute Gasteiger partial charge is 0.302 e. The molecule has 3 nitrogen and oxygen atoms in total. The number of phenolic OH excluding ortho intramolecular Hbond substituents is 1. The SMILES string of the molecule is CC(=O)O[C@H]1CC[C@H]2[C@@H]3C(CCCCCCCCCBr)=Cc4cc(O)c(Br)cc4[C@H]3CC[C@]12C. The van der Waals surface area contributed by atoms with E-state index in [9.17, 15) is 9.90 Å². The Kier molecular flexibility index (Phi) is 8.88. The lowest BCUT2D eigenvalue weighted by Gasteiger charge is -2.51. The number of hydrogen-bond acceptors (Lipinski definition) is 3. The van der Waals surface area contributed by atoms with Crippen molar-refractivity contribution in [2.24, 2.45) is 17.3 Å². The first kappa shape index (κ1) is 26.3. The minimum atomic E-state index is -0.144. The number of allylic oxidation sites excluding steroid dienone is 1. The van der Waals surface area contributed by atoms with Crippen LogP contribution >= 0.6 is 31.9 Å². The van der Waals surface area contributed by atoms with Gasteiger partial charge in [0, 0.05) is 17.7 Å². The molecule has 5 atom stereocenters. The summed E-state index contributed by atoms with van der Waals surface area (Å²) < 4.78 is 6.65. The molecule has 2 saturated carbocycles. The molecule has 0 spiro atoms. The van der Waals surface area contributed by atoms with Gasteiger partial charge in [-0.2, -0.15) is 0 Å². The van der Waals surface area contributed by atoms with Crippen LogP contribution in [0.2, 0.25) is 0 Å². The fourth-order valence-corrected chi connectivity index (χ4v) is 7.99. The van der Waals surface area contributed by atoms with Crippen LogP contribution in [0, 0.1) is 17.3 Å². The van der Waals surface area contributed by atoms with Crippen molar-refractivity contribution in [1.29, 1.82) is 0 Å². The number of halogens is 2. The summed E-state index contributed by atoms with van der Waals surface area (Å²) >= 11 is 7.09. The van der Waals surface area contributed by atoms with E-state index in [1.54, 1.807) is 12.5 Å². The van der Waals surface area contributed by atoms with E-state index in [0.717, 1.165) is 41.9 Å². The largest absolute Gasteiger partial charge is 0.507 e. The number of unbranched alkanes of at least 4 members (excludes halogenated alkanes) is 6. The highest BCUT2D eigenvalue weighted by molar-refractivity contribution is 9.10. The molecule has 0 aliphatic heterocycles. The standard InChI is InChI=1S/C29H40Br2O3/c1-19(32)34-27-12-11-24-28-20(10-8-6-4-3-5-7-9-15-30)16-21-17-26(33)25(31)18-23(21)22(28)13-14-29(24,27)2/h16-18,22,24,27-28,33H,3-15H2,1-2H3/t22-,24+,27+,28-,29+/m1/s1. The predicted molar refractivity (Wildman–Crippen MR) is 146 cm³/mol. The summed E-state index contributed by atoms with van der Waals surface area (Å²) in [4.78, 5) is 11.8. The maximum absolute atomic E-state index is 11.8. The average molecular weight is 596 g/mol. The average Bonchev–Trinajstić information content (AvgIpc) is 3.12. The quantitative estimate of drug-likeness (QED) is 0.167. The number of benzene rings is 1. The van der Waals surface area contributed by atoms with Gasteiger partial charge in [0.15, 0.2) is 0 Å². The molecule has 1 aromatic rings. The van der Waals surface area contributed by atoms with E-state index in [-0.39, 0.29) is 17.5 Å². The van der Waals surface area contributed by atoms with Crippen molar-refractivity contribution >= 4 is 43.9 Å². The molecule has 4 rings (SSSR count). The molecule has 0 bridgehead atoms. The summed E-state index contributed by atoms with van der Waals surface area (Å²) in [7, 11) is 0. The maximum atomic E-state index is 11.8.